The molecule has 0 aromatic heterocycles. The van der Waals surface area contributed by atoms with Crippen molar-refractivity contribution in [2.45, 2.75) is 19.5 Å². The molecule has 0 fully saturated rings. The van der Waals surface area contributed by atoms with Crippen molar-refractivity contribution in [3.63, 3.8) is 0 Å². The van der Waals surface area contributed by atoms with Gasteiger partial charge in [-0.2, -0.15) is 5.26 Å². The van der Waals surface area contributed by atoms with Crippen LogP contribution in [0.25, 0.3) is 0 Å². The molecule has 2 nitrogen and oxygen atoms in total. The summed E-state index contributed by atoms with van der Waals surface area (Å²) in [6.07, 6.45) is 0. The third-order valence-electron chi connectivity index (χ3n) is 3.07. The SMILES string of the molecule is C[C@@H](NCc1ccc(C#N)cc1)c1ccc(F)cc1. The van der Waals surface area contributed by atoms with Crippen molar-refractivity contribution in [3.05, 3.63) is 71.0 Å². The quantitative estimate of drug-likeness (QED) is 0.905. The highest BCUT2D eigenvalue weighted by molar-refractivity contribution is 5.31. The third-order valence-corrected chi connectivity index (χ3v) is 3.07. The molecule has 2 aromatic rings. The van der Waals surface area contributed by atoms with E-state index >= 15 is 0 Å². The summed E-state index contributed by atoms with van der Waals surface area (Å²) in [5, 5.41) is 12.1. The molecule has 0 spiro atoms. The molecular formula is C16H15FN2. The second-order valence-corrected chi connectivity index (χ2v) is 4.46. The molecule has 0 saturated carbocycles. The predicted octanol–water partition coefficient (Wildman–Crippen LogP) is 3.55. The van der Waals surface area contributed by atoms with Gasteiger partial charge < -0.3 is 5.32 Å². The Morgan fingerprint density at radius 2 is 1.74 bits per heavy atom. The monoisotopic (exact) mass is 254 g/mol. The number of benzene rings is 2. The third kappa shape index (κ3) is 3.64. The number of nitrogens with zero attached hydrogens (tertiary/aromatic N) is 1. The van der Waals surface area contributed by atoms with Gasteiger partial charge in [-0.05, 0) is 42.3 Å². The van der Waals surface area contributed by atoms with Crippen molar-refractivity contribution >= 4 is 0 Å². The first-order valence-electron chi connectivity index (χ1n) is 6.17. The minimum atomic E-state index is -0.219. The van der Waals surface area contributed by atoms with Gasteiger partial charge in [0.25, 0.3) is 0 Å². The zero-order valence-electron chi connectivity index (χ0n) is 10.7. The average molecular weight is 254 g/mol. The van der Waals surface area contributed by atoms with Gasteiger partial charge in [-0.1, -0.05) is 24.3 Å². The Bertz CT molecular complexity index is 567. The molecule has 0 heterocycles. The lowest BCUT2D eigenvalue weighted by Crippen LogP contribution is -2.18. The van der Waals surface area contributed by atoms with Crippen molar-refractivity contribution < 1.29 is 4.39 Å². The van der Waals surface area contributed by atoms with Gasteiger partial charge >= 0.3 is 0 Å². The molecule has 2 rings (SSSR count). The summed E-state index contributed by atoms with van der Waals surface area (Å²) in [6.45, 7) is 2.75. The summed E-state index contributed by atoms with van der Waals surface area (Å²) in [6, 6.07) is 16.2. The van der Waals surface area contributed by atoms with E-state index in [0.29, 0.717) is 12.1 Å². The molecule has 0 saturated heterocycles. The lowest BCUT2D eigenvalue weighted by atomic mass is 10.1. The molecule has 0 aliphatic heterocycles. The van der Waals surface area contributed by atoms with Crippen molar-refractivity contribution in [1.82, 2.24) is 5.32 Å². The number of nitrogens with one attached hydrogen (secondary N) is 1. The summed E-state index contributed by atoms with van der Waals surface area (Å²) in [5.41, 5.74) is 2.83. The molecule has 2 aromatic carbocycles. The fourth-order valence-electron chi connectivity index (χ4n) is 1.84. The minimum absolute atomic E-state index is 0.149. The van der Waals surface area contributed by atoms with E-state index in [1.165, 1.54) is 12.1 Å². The fraction of sp³-hybridized carbons (Fsp3) is 0.188. The second kappa shape index (κ2) is 6.12. The van der Waals surface area contributed by atoms with Crippen LogP contribution in [0.5, 0.6) is 0 Å². The van der Waals surface area contributed by atoms with E-state index < -0.39 is 0 Å². The van der Waals surface area contributed by atoms with E-state index in [0.717, 1.165) is 11.1 Å². The second-order valence-electron chi connectivity index (χ2n) is 4.46. The maximum atomic E-state index is 12.8. The molecule has 1 N–H and O–H groups in total. The number of nitriles is 1. The number of rotatable bonds is 4. The van der Waals surface area contributed by atoms with Crippen LogP contribution in [0.1, 0.15) is 29.7 Å². The molecule has 1 atom stereocenters. The van der Waals surface area contributed by atoms with Crippen LogP contribution in [0.4, 0.5) is 4.39 Å². The zero-order valence-corrected chi connectivity index (χ0v) is 10.7. The fourth-order valence-corrected chi connectivity index (χ4v) is 1.84. The van der Waals surface area contributed by atoms with E-state index in [-0.39, 0.29) is 11.9 Å². The van der Waals surface area contributed by atoms with Gasteiger partial charge in [-0.15, -0.1) is 0 Å². The van der Waals surface area contributed by atoms with Crippen LogP contribution in [0, 0.1) is 17.1 Å². The van der Waals surface area contributed by atoms with Crippen LogP contribution < -0.4 is 5.32 Å². The molecule has 0 aliphatic rings. The summed E-state index contributed by atoms with van der Waals surface area (Å²) < 4.78 is 12.8. The largest absolute Gasteiger partial charge is 0.306 e. The maximum absolute atomic E-state index is 12.8. The Labute approximate surface area is 112 Å². The van der Waals surface area contributed by atoms with Crippen molar-refractivity contribution in [1.29, 1.82) is 5.26 Å². The molecule has 0 amide bonds. The van der Waals surface area contributed by atoms with Gasteiger partial charge in [0.15, 0.2) is 0 Å². The van der Waals surface area contributed by atoms with Crippen molar-refractivity contribution in [3.8, 4) is 6.07 Å². The van der Waals surface area contributed by atoms with Gasteiger partial charge in [0.2, 0.25) is 0 Å². The molecule has 0 bridgehead atoms. The molecule has 0 radical (unpaired) electrons. The topological polar surface area (TPSA) is 35.8 Å². The maximum Gasteiger partial charge on any atom is 0.123 e. The van der Waals surface area contributed by atoms with Crippen LogP contribution in [-0.4, -0.2) is 0 Å². The highest BCUT2D eigenvalue weighted by atomic mass is 19.1. The lowest BCUT2D eigenvalue weighted by molar-refractivity contribution is 0.571. The van der Waals surface area contributed by atoms with Crippen molar-refractivity contribution in [2.24, 2.45) is 0 Å². The van der Waals surface area contributed by atoms with Crippen LogP contribution in [-0.2, 0) is 6.54 Å². The first-order chi connectivity index (χ1) is 9.19. The van der Waals surface area contributed by atoms with Crippen molar-refractivity contribution in [2.75, 3.05) is 0 Å². The highest BCUT2D eigenvalue weighted by Gasteiger charge is 2.04. The summed E-state index contributed by atoms with van der Waals surface area (Å²) in [7, 11) is 0. The molecule has 0 unspecified atom stereocenters. The predicted molar refractivity (Wildman–Crippen MR) is 72.8 cm³/mol. The molecule has 3 heteroatoms. The van der Waals surface area contributed by atoms with Crippen LogP contribution in [0.3, 0.4) is 0 Å². The first kappa shape index (κ1) is 13.3. The van der Waals surface area contributed by atoms with E-state index in [2.05, 4.69) is 11.4 Å². The van der Waals surface area contributed by atoms with Crippen LogP contribution in [0.2, 0.25) is 0 Å². The molecule has 96 valence electrons. The smallest absolute Gasteiger partial charge is 0.123 e. The molecular weight excluding hydrogens is 239 g/mol. The number of halogens is 1. The summed E-state index contributed by atoms with van der Waals surface area (Å²) in [5.74, 6) is -0.219. The van der Waals surface area contributed by atoms with E-state index in [9.17, 15) is 4.39 Å². The zero-order chi connectivity index (χ0) is 13.7. The van der Waals surface area contributed by atoms with E-state index in [1.54, 1.807) is 24.3 Å². The van der Waals surface area contributed by atoms with Gasteiger partial charge in [0, 0.05) is 12.6 Å². The average Bonchev–Trinajstić information content (AvgIpc) is 2.46. The van der Waals surface area contributed by atoms with Gasteiger partial charge in [0.1, 0.15) is 5.82 Å². The Morgan fingerprint density at radius 1 is 1.11 bits per heavy atom. The standard InChI is InChI=1S/C16H15FN2/c1-12(15-6-8-16(17)9-7-15)19-11-14-4-2-13(10-18)3-5-14/h2-9,12,19H,11H2,1H3/t12-/m1/s1. The van der Waals surface area contributed by atoms with Gasteiger partial charge in [-0.3, -0.25) is 0 Å². The Kier molecular flexibility index (Phi) is 4.27. The summed E-state index contributed by atoms with van der Waals surface area (Å²) in [4.78, 5) is 0. The molecule has 19 heavy (non-hydrogen) atoms. The van der Waals surface area contributed by atoms with Gasteiger partial charge in [-0.25, -0.2) is 4.39 Å². The highest BCUT2D eigenvalue weighted by Crippen LogP contribution is 2.13. The Hall–Kier alpha value is -2.18. The lowest BCUT2D eigenvalue weighted by Gasteiger charge is -2.14. The summed E-state index contributed by atoms with van der Waals surface area (Å²) >= 11 is 0. The number of hydrogen-bond acceptors (Lipinski definition) is 2. The normalized spacial score (nSPS) is 11.8. The number of hydrogen-bond donors (Lipinski definition) is 1. The Balaban J connectivity index is 1.94. The first-order valence-corrected chi connectivity index (χ1v) is 6.17. The Morgan fingerprint density at radius 3 is 2.32 bits per heavy atom. The van der Waals surface area contributed by atoms with E-state index in [1.807, 2.05) is 19.1 Å². The van der Waals surface area contributed by atoms with Crippen LogP contribution in [0.15, 0.2) is 48.5 Å². The molecule has 0 aliphatic carbocycles. The van der Waals surface area contributed by atoms with E-state index in [4.69, 9.17) is 5.26 Å². The van der Waals surface area contributed by atoms with Crippen LogP contribution >= 0.6 is 0 Å². The van der Waals surface area contributed by atoms with Gasteiger partial charge in [0.05, 0.1) is 11.6 Å². The minimum Gasteiger partial charge on any atom is -0.306 e.